The highest BCUT2D eigenvalue weighted by Gasteiger charge is 2.38. The van der Waals surface area contributed by atoms with Crippen LogP contribution in [0.1, 0.15) is 33.1 Å². The number of carbonyl (C=O) groups is 2. The number of hydrogen-bond acceptors (Lipinski definition) is 7. The molecule has 11 heteroatoms. The van der Waals surface area contributed by atoms with E-state index in [1.165, 1.54) is 41.8 Å². The molecule has 0 atom stereocenters. The van der Waals surface area contributed by atoms with Gasteiger partial charge in [0.25, 0.3) is 11.8 Å². The second kappa shape index (κ2) is 7.67. The molecule has 0 spiro atoms. The molecule has 3 heterocycles. The quantitative estimate of drug-likeness (QED) is 0.464. The van der Waals surface area contributed by atoms with Gasteiger partial charge in [-0.1, -0.05) is 12.1 Å². The van der Waals surface area contributed by atoms with E-state index < -0.39 is 16.7 Å². The fourth-order valence-electron chi connectivity index (χ4n) is 3.82. The van der Waals surface area contributed by atoms with E-state index in [0.717, 1.165) is 5.39 Å². The molecule has 0 aliphatic carbocycles. The van der Waals surface area contributed by atoms with Crippen LogP contribution in [0.25, 0.3) is 10.9 Å². The fraction of sp³-hybridized carbons (Fsp3) is 0.300. The minimum Gasteiger partial charge on any atom is -0.496 e. The van der Waals surface area contributed by atoms with Crippen molar-refractivity contribution in [1.29, 1.82) is 0 Å². The molecule has 2 aromatic heterocycles. The number of carbonyl (C=O) groups excluding carboxylic acids is 2. The van der Waals surface area contributed by atoms with Gasteiger partial charge in [-0.3, -0.25) is 24.4 Å². The summed E-state index contributed by atoms with van der Waals surface area (Å²) >= 11 is 0. The van der Waals surface area contributed by atoms with Crippen LogP contribution in [0.4, 0.5) is 5.69 Å². The summed E-state index contributed by atoms with van der Waals surface area (Å²) in [4.78, 5) is 41.8. The minimum absolute atomic E-state index is 0.117. The molecular formula is C20H20N6O5. The number of nitro groups is 1. The maximum absolute atomic E-state index is 13.3. The Labute approximate surface area is 176 Å². The predicted molar refractivity (Wildman–Crippen MR) is 110 cm³/mol. The molecule has 3 aromatic rings. The van der Waals surface area contributed by atoms with Gasteiger partial charge in [0.05, 0.1) is 17.5 Å². The standard InChI is InChI=1S/C20H20N6O5/c1-12-17(26(29)30)18(23(2)22-12)20(28)25-10-6-9-24(25)19(27)15-11-16(31-3)13-7-4-5-8-14(13)21-15/h4-5,7-8,11H,6,9-10H2,1-3H3. The van der Waals surface area contributed by atoms with Gasteiger partial charge in [-0.25, -0.2) is 15.0 Å². The van der Waals surface area contributed by atoms with Crippen molar-refractivity contribution in [2.45, 2.75) is 13.3 Å². The summed E-state index contributed by atoms with van der Waals surface area (Å²) in [6.07, 6.45) is 0.535. The molecule has 1 aliphatic rings. The van der Waals surface area contributed by atoms with Crippen LogP contribution in [0.3, 0.4) is 0 Å². The van der Waals surface area contributed by atoms with Gasteiger partial charge in [0.1, 0.15) is 17.1 Å². The van der Waals surface area contributed by atoms with Crippen molar-refractivity contribution >= 4 is 28.4 Å². The Hall–Kier alpha value is -4.02. The molecule has 160 valence electrons. The molecule has 0 unspecified atom stereocenters. The van der Waals surface area contributed by atoms with E-state index in [1.807, 2.05) is 12.1 Å². The zero-order chi connectivity index (χ0) is 22.3. The van der Waals surface area contributed by atoms with Gasteiger partial charge < -0.3 is 4.74 Å². The number of hydrogen-bond donors (Lipinski definition) is 0. The van der Waals surface area contributed by atoms with Crippen LogP contribution in [-0.4, -0.2) is 61.7 Å². The first kappa shape index (κ1) is 20.3. The van der Waals surface area contributed by atoms with Crippen molar-refractivity contribution in [3.63, 3.8) is 0 Å². The predicted octanol–water partition coefficient (Wildman–Crippen LogP) is 2.10. The number of rotatable bonds is 4. The van der Waals surface area contributed by atoms with E-state index in [-0.39, 0.29) is 35.9 Å². The third-order valence-corrected chi connectivity index (χ3v) is 5.19. The van der Waals surface area contributed by atoms with Crippen LogP contribution in [0.15, 0.2) is 30.3 Å². The lowest BCUT2D eigenvalue weighted by Crippen LogP contribution is -2.45. The molecule has 31 heavy (non-hydrogen) atoms. The molecule has 0 saturated carbocycles. The smallest absolute Gasteiger partial charge is 0.322 e. The summed E-state index contributed by atoms with van der Waals surface area (Å²) in [6.45, 7) is 2.00. The van der Waals surface area contributed by atoms with Crippen molar-refractivity contribution in [3.8, 4) is 5.75 Å². The lowest BCUT2D eigenvalue weighted by atomic mass is 10.1. The third kappa shape index (κ3) is 3.33. The Morgan fingerprint density at radius 1 is 1.16 bits per heavy atom. The van der Waals surface area contributed by atoms with E-state index >= 15 is 0 Å². The maximum atomic E-state index is 13.3. The van der Waals surface area contributed by atoms with Crippen LogP contribution in [0, 0.1) is 17.0 Å². The highest BCUT2D eigenvalue weighted by molar-refractivity contribution is 6.01. The maximum Gasteiger partial charge on any atom is 0.322 e. The Morgan fingerprint density at radius 3 is 2.52 bits per heavy atom. The zero-order valence-corrected chi connectivity index (χ0v) is 17.2. The van der Waals surface area contributed by atoms with Gasteiger partial charge in [0.2, 0.25) is 5.69 Å². The van der Waals surface area contributed by atoms with E-state index in [4.69, 9.17) is 4.74 Å². The van der Waals surface area contributed by atoms with E-state index in [0.29, 0.717) is 17.7 Å². The Balaban J connectivity index is 1.71. The average molecular weight is 424 g/mol. The van der Waals surface area contributed by atoms with Gasteiger partial charge in [-0.05, 0) is 25.5 Å². The normalized spacial score (nSPS) is 13.6. The van der Waals surface area contributed by atoms with Gasteiger partial charge in [-0.2, -0.15) is 5.10 Å². The van der Waals surface area contributed by atoms with Crippen LogP contribution in [0.2, 0.25) is 0 Å². The lowest BCUT2D eigenvalue weighted by molar-refractivity contribution is -0.385. The Morgan fingerprint density at radius 2 is 1.84 bits per heavy atom. The average Bonchev–Trinajstić information content (AvgIpc) is 3.35. The largest absolute Gasteiger partial charge is 0.496 e. The first-order chi connectivity index (χ1) is 14.8. The number of aryl methyl sites for hydroxylation is 2. The van der Waals surface area contributed by atoms with E-state index in [1.54, 1.807) is 12.1 Å². The van der Waals surface area contributed by atoms with Gasteiger partial charge in [-0.15, -0.1) is 0 Å². The third-order valence-electron chi connectivity index (χ3n) is 5.19. The molecule has 0 N–H and O–H groups in total. The first-order valence-corrected chi connectivity index (χ1v) is 9.59. The molecule has 11 nitrogen and oxygen atoms in total. The SMILES string of the molecule is COc1cc(C(=O)N2CCCN2C(=O)c2c([N+](=O)[O-])c(C)nn2C)nc2ccccc12. The second-order valence-electron chi connectivity index (χ2n) is 7.10. The number of para-hydroxylation sites is 1. The van der Waals surface area contributed by atoms with Crippen molar-refractivity contribution in [2.24, 2.45) is 7.05 Å². The summed E-state index contributed by atoms with van der Waals surface area (Å²) < 4.78 is 6.58. The number of amides is 2. The number of hydrazine groups is 1. The number of ether oxygens (including phenoxy) is 1. The first-order valence-electron chi connectivity index (χ1n) is 9.59. The van der Waals surface area contributed by atoms with Crippen molar-refractivity contribution in [1.82, 2.24) is 24.8 Å². The minimum atomic E-state index is -0.659. The summed E-state index contributed by atoms with van der Waals surface area (Å²) in [7, 11) is 2.97. The number of methoxy groups -OCH3 is 1. The molecule has 0 bridgehead atoms. The molecule has 1 saturated heterocycles. The highest BCUT2D eigenvalue weighted by Crippen LogP contribution is 2.28. The highest BCUT2D eigenvalue weighted by atomic mass is 16.6. The van der Waals surface area contributed by atoms with Gasteiger partial charge in [0, 0.05) is 31.6 Å². The van der Waals surface area contributed by atoms with Crippen molar-refractivity contribution in [3.05, 3.63) is 57.5 Å². The lowest BCUT2D eigenvalue weighted by Gasteiger charge is -2.27. The molecule has 2 amide bonds. The number of pyridine rings is 1. The van der Waals surface area contributed by atoms with Crippen molar-refractivity contribution in [2.75, 3.05) is 20.2 Å². The van der Waals surface area contributed by atoms with Crippen LogP contribution < -0.4 is 4.74 Å². The van der Waals surface area contributed by atoms with E-state index in [2.05, 4.69) is 10.1 Å². The monoisotopic (exact) mass is 424 g/mol. The van der Waals surface area contributed by atoms with Gasteiger partial charge >= 0.3 is 5.69 Å². The van der Waals surface area contributed by atoms with Gasteiger partial charge in [0.15, 0.2) is 0 Å². The number of aromatic nitrogens is 3. The Kier molecular flexibility index (Phi) is 5.01. The molecule has 1 aromatic carbocycles. The molecular weight excluding hydrogens is 404 g/mol. The Bertz CT molecular complexity index is 1220. The molecule has 4 rings (SSSR count). The number of nitrogens with zero attached hydrogens (tertiary/aromatic N) is 6. The summed E-state index contributed by atoms with van der Waals surface area (Å²) in [6, 6.07) is 8.78. The fourth-order valence-corrected chi connectivity index (χ4v) is 3.82. The van der Waals surface area contributed by atoms with Crippen LogP contribution in [-0.2, 0) is 7.05 Å². The number of benzene rings is 1. The topological polar surface area (TPSA) is 124 Å². The van der Waals surface area contributed by atoms with E-state index in [9.17, 15) is 19.7 Å². The van der Waals surface area contributed by atoms with Crippen LogP contribution in [0.5, 0.6) is 5.75 Å². The summed E-state index contributed by atoms with van der Waals surface area (Å²) in [5.74, 6) is -0.659. The molecule has 0 radical (unpaired) electrons. The molecule has 1 fully saturated rings. The second-order valence-corrected chi connectivity index (χ2v) is 7.10. The number of fused-ring (bicyclic) bond motifs is 1. The summed E-state index contributed by atoms with van der Waals surface area (Å²) in [5.41, 5.74) is 0.295. The van der Waals surface area contributed by atoms with Crippen LogP contribution >= 0.6 is 0 Å². The summed E-state index contributed by atoms with van der Waals surface area (Å²) in [5, 5.41) is 18.7. The van der Waals surface area contributed by atoms with Crippen molar-refractivity contribution < 1.29 is 19.2 Å². The zero-order valence-electron chi connectivity index (χ0n) is 17.2. The molecule has 1 aliphatic heterocycles.